The van der Waals surface area contributed by atoms with Crippen LogP contribution in [-0.2, 0) is 23.9 Å². The van der Waals surface area contributed by atoms with Gasteiger partial charge in [0, 0.05) is 13.0 Å². The van der Waals surface area contributed by atoms with Crippen LogP contribution in [0.4, 0.5) is 0 Å². The highest BCUT2D eigenvalue weighted by atomic mass is 16.6. The highest BCUT2D eigenvalue weighted by Crippen LogP contribution is 2.59. The van der Waals surface area contributed by atoms with Crippen LogP contribution in [0.3, 0.4) is 0 Å². The molecule has 0 aromatic heterocycles. The zero-order chi connectivity index (χ0) is 14.9. The number of ether oxygens (including phenoxy) is 2. The van der Waals surface area contributed by atoms with Crippen LogP contribution in [0, 0.1) is 17.3 Å². The molecule has 0 radical (unpaired) electrons. The van der Waals surface area contributed by atoms with Gasteiger partial charge in [-0.1, -0.05) is 0 Å². The summed E-state index contributed by atoms with van der Waals surface area (Å²) in [6, 6.07) is 0. The van der Waals surface area contributed by atoms with Crippen molar-refractivity contribution in [3.05, 3.63) is 0 Å². The van der Waals surface area contributed by atoms with E-state index < -0.39 is 35.3 Å². The summed E-state index contributed by atoms with van der Waals surface area (Å²) in [5.74, 6) is -3.70. The maximum Gasteiger partial charge on any atom is 0.317 e. The van der Waals surface area contributed by atoms with Crippen LogP contribution in [0.1, 0.15) is 33.1 Å². The van der Waals surface area contributed by atoms with E-state index in [2.05, 4.69) is 0 Å². The zero-order valence-electron chi connectivity index (χ0n) is 11.8. The number of carbonyl (C=O) groups excluding carboxylic acids is 3. The summed E-state index contributed by atoms with van der Waals surface area (Å²) in [5.41, 5.74) is -0.567. The largest absolute Gasteiger partial charge is 0.465 e. The van der Waals surface area contributed by atoms with Crippen molar-refractivity contribution in [2.45, 2.75) is 39.4 Å². The summed E-state index contributed by atoms with van der Waals surface area (Å²) in [7, 11) is 0. The molecule has 0 aromatic rings. The first-order chi connectivity index (χ1) is 9.46. The third kappa shape index (κ3) is 2.50. The van der Waals surface area contributed by atoms with E-state index in [1.54, 1.807) is 13.8 Å². The maximum absolute atomic E-state index is 12.5. The van der Waals surface area contributed by atoms with Crippen LogP contribution in [0.15, 0.2) is 0 Å². The van der Waals surface area contributed by atoms with Gasteiger partial charge in [-0.05, 0) is 32.1 Å². The van der Waals surface area contributed by atoms with Gasteiger partial charge in [-0.15, -0.1) is 0 Å². The summed E-state index contributed by atoms with van der Waals surface area (Å²) in [6.45, 7) is 3.70. The van der Waals surface area contributed by atoms with Crippen molar-refractivity contribution < 1.29 is 29.0 Å². The number of ketones is 2. The van der Waals surface area contributed by atoms with E-state index in [1.807, 2.05) is 0 Å². The second-order valence-corrected chi connectivity index (χ2v) is 5.42. The molecule has 0 aliphatic heterocycles. The molecule has 6 nitrogen and oxygen atoms in total. The van der Waals surface area contributed by atoms with Crippen molar-refractivity contribution in [1.29, 1.82) is 0 Å². The minimum absolute atomic E-state index is 0.136. The van der Waals surface area contributed by atoms with Crippen LogP contribution >= 0.6 is 0 Å². The molecule has 2 aliphatic carbocycles. The Morgan fingerprint density at radius 3 is 2.50 bits per heavy atom. The summed E-state index contributed by atoms with van der Waals surface area (Å²) >= 11 is 0. The van der Waals surface area contributed by atoms with Crippen molar-refractivity contribution in [2.75, 3.05) is 13.2 Å². The number of esters is 1. The lowest BCUT2D eigenvalue weighted by molar-refractivity contribution is -0.176. The first-order valence-electron chi connectivity index (χ1n) is 6.99. The summed E-state index contributed by atoms with van der Waals surface area (Å²) in [6.07, 6.45) is 0.00132. The first kappa shape index (κ1) is 15.1. The maximum atomic E-state index is 12.5. The van der Waals surface area contributed by atoms with Crippen LogP contribution in [0.25, 0.3) is 0 Å². The fourth-order valence-corrected chi connectivity index (χ4v) is 2.98. The van der Waals surface area contributed by atoms with Gasteiger partial charge in [-0.25, -0.2) is 0 Å². The average molecular weight is 284 g/mol. The third-order valence-corrected chi connectivity index (χ3v) is 4.11. The Labute approximate surface area is 117 Å². The number of rotatable bonds is 5. The Balaban J connectivity index is 2.23. The molecular weight excluding hydrogens is 264 g/mol. The minimum Gasteiger partial charge on any atom is -0.465 e. The van der Waals surface area contributed by atoms with E-state index in [0.717, 1.165) is 0 Å². The lowest BCUT2D eigenvalue weighted by Gasteiger charge is -2.34. The molecule has 3 unspecified atom stereocenters. The predicted octanol–water partition coefficient (Wildman–Crippen LogP) is 0.459. The molecule has 3 atom stereocenters. The molecule has 2 fully saturated rings. The molecule has 0 bridgehead atoms. The lowest BCUT2D eigenvalue weighted by Crippen LogP contribution is -2.51. The second kappa shape index (κ2) is 5.61. The molecule has 0 amide bonds. The molecule has 0 aromatic carbocycles. The summed E-state index contributed by atoms with van der Waals surface area (Å²) in [5, 5.41) is 9.82. The van der Waals surface area contributed by atoms with Gasteiger partial charge in [-0.2, -0.15) is 0 Å². The van der Waals surface area contributed by atoms with E-state index in [1.165, 1.54) is 0 Å². The average Bonchev–Trinajstić information content (AvgIpc) is 3.09. The van der Waals surface area contributed by atoms with E-state index in [-0.39, 0.29) is 25.4 Å². The number of hydrogen-bond donors (Lipinski definition) is 1. The molecule has 2 aliphatic rings. The molecule has 1 spiro atoms. The summed E-state index contributed by atoms with van der Waals surface area (Å²) in [4.78, 5) is 36.6. The topological polar surface area (TPSA) is 89.9 Å². The number of carbonyl (C=O) groups is 3. The molecule has 0 saturated heterocycles. The molecular formula is C14H20O6. The van der Waals surface area contributed by atoms with Gasteiger partial charge in [0.15, 0.2) is 12.1 Å². The first-order valence-corrected chi connectivity index (χ1v) is 6.99. The van der Waals surface area contributed by atoms with Gasteiger partial charge >= 0.3 is 5.97 Å². The lowest BCUT2D eigenvalue weighted by atomic mass is 9.69. The Bertz CT molecular complexity index is 423. The molecule has 6 heteroatoms. The molecule has 2 rings (SSSR count). The van der Waals surface area contributed by atoms with Gasteiger partial charge in [0.2, 0.25) is 0 Å². The fraction of sp³-hybridized carbons (Fsp3) is 0.786. The molecule has 20 heavy (non-hydrogen) atoms. The van der Waals surface area contributed by atoms with Crippen molar-refractivity contribution in [1.82, 2.24) is 0 Å². The molecule has 0 heterocycles. The van der Waals surface area contributed by atoms with E-state index in [4.69, 9.17) is 9.47 Å². The van der Waals surface area contributed by atoms with Crippen LogP contribution in [-0.4, -0.2) is 42.1 Å². The van der Waals surface area contributed by atoms with E-state index >= 15 is 0 Å². The van der Waals surface area contributed by atoms with Gasteiger partial charge in [0.1, 0.15) is 17.6 Å². The minimum atomic E-state index is -1.48. The highest BCUT2D eigenvalue weighted by molar-refractivity contribution is 6.14. The van der Waals surface area contributed by atoms with Crippen molar-refractivity contribution in [2.24, 2.45) is 17.3 Å². The second-order valence-electron chi connectivity index (χ2n) is 5.42. The van der Waals surface area contributed by atoms with E-state index in [0.29, 0.717) is 12.8 Å². The SMILES string of the molecule is CCOC(=O)C1C(=O)C(C(O)OCC)C(=O)CC12CC2. The number of aliphatic hydroxyl groups is 1. The van der Waals surface area contributed by atoms with Crippen molar-refractivity contribution in [3.63, 3.8) is 0 Å². The van der Waals surface area contributed by atoms with Gasteiger partial charge in [0.25, 0.3) is 0 Å². The number of Topliss-reactive ketones (excluding diaryl/α,β-unsaturated/α-hetero) is 2. The zero-order valence-corrected chi connectivity index (χ0v) is 11.8. The predicted molar refractivity (Wildman–Crippen MR) is 67.5 cm³/mol. The van der Waals surface area contributed by atoms with Crippen molar-refractivity contribution >= 4 is 17.5 Å². The highest BCUT2D eigenvalue weighted by Gasteiger charge is 2.63. The van der Waals surface area contributed by atoms with Gasteiger partial charge < -0.3 is 14.6 Å². The fourth-order valence-electron chi connectivity index (χ4n) is 2.98. The normalized spacial score (nSPS) is 29.4. The Morgan fingerprint density at radius 1 is 1.35 bits per heavy atom. The smallest absolute Gasteiger partial charge is 0.317 e. The quantitative estimate of drug-likeness (QED) is 0.448. The Kier molecular flexibility index (Phi) is 4.25. The number of aliphatic hydroxyl groups excluding tert-OH is 1. The Morgan fingerprint density at radius 2 is 2.00 bits per heavy atom. The molecule has 112 valence electrons. The standard InChI is InChI=1S/C14H20O6/c1-3-19-12(17)9-8(15)7-14(5-6-14)10(11(9)16)13(18)20-4-2/h9-10,12,17H,3-7H2,1-2H3. The number of hydrogen-bond acceptors (Lipinski definition) is 6. The molecule has 1 N–H and O–H groups in total. The van der Waals surface area contributed by atoms with Crippen LogP contribution in [0.2, 0.25) is 0 Å². The van der Waals surface area contributed by atoms with Crippen LogP contribution in [0.5, 0.6) is 0 Å². The van der Waals surface area contributed by atoms with Gasteiger partial charge in [-0.3, -0.25) is 14.4 Å². The van der Waals surface area contributed by atoms with E-state index in [9.17, 15) is 19.5 Å². The van der Waals surface area contributed by atoms with Crippen LogP contribution < -0.4 is 0 Å². The Hall–Kier alpha value is -1.27. The summed E-state index contributed by atoms with van der Waals surface area (Å²) < 4.78 is 9.92. The third-order valence-electron chi connectivity index (χ3n) is 4.11. The van der Waals surface area contributed by atoms with Crippen molar-refractivity contribution in [3.8, 4) is 0 Å². The van der Waals surface area contributed by atoms with Gasteiger partial charge in [0.05, 0.1) is 6.61 Å². The monoisotopic (exact) mass is 284 g/mol. The molecule has 2 saturated carbocycles.